The van der Waals surface area contributed by atoms with Crippen LogP contribution in [0.3, 0.4) is 0 Å². The largest absolute Gasteiger partial charge is 0.481 e. The number of hydrogen-bond donors (Lipinski definition) is 4. The number of aliphatic carboxylic acids is 2. The number of carbonyl (C=O) groups is 4. The molecule has 0 saturated heterocycles. The number of carboxylic acids is 2. The van der Waals surface area contributed by atoms with Crippen LogP contribution in [0.25, 0.3) is 10.9 Å². The van der Waals surface area contributed by atoms with E-state index in [0.717, 1.165) is 16.5 Å². The quantitative estimate of drug-likeness (QED) is 0.287. The molecule has 0 fully saturated rings. The minimum absolute atomic E-state index is 0.0894. The fraction of sp³-hybridized carbons (Fsp3) is 0.455. The van der Waals surface area contributed by atoms with E-state index in [2.05, 4.69) is 30.1 Å². The lowest BCUT2D eigenvalue weighted by Crippen LogP contribution is -2.55. The Labute approximate surface area is 192 Å². The third-order valence-electron chi connectivity index (χ3n) is 5.08. The molecule has 10 nitrogen and oxygen atoms in total. The molecule has 11 heteroatoms. The van der Waals surface area contributed by atoms with Gasteiger partial charge in [0.05, 0.1) is 6.61 Å². The molecule has 1 atom stereocenters. The Morgan fingerprint density at radius 2 is 1.82 bits per heavy atom. The van der Waals surface area contributed by atoms with Crippen molar-refractivity contribution in [2.45, 2.75) is 57.4 Å². The van der Waals surface area contributed by atoms with E-state index < -0.39 is 44.5 Å². The monoisotopic (exact) mass is 477 g/mol. The van der Waals surface area contributed by atoms with Gasteiger partial charge >= 0.3 is 18.0 Å². The summed E-state index contributed by atoms with van der Waals surface area (Å²) in [7, 11) is -1.46. The molecule has 33 heavy (non-hydrogen) atoms. The number of ether oxygens (including phenoxy) is 1. The summed E-state index contributed by atoms with van der Waals surface area (Å²) < 4.78 is 5.14. The van der Waals surface area contributed by atoms with Gasteiger partial charge in [-0.15, -0.1) is 0 Å². The van der Waals surface area contributed by atoms with Crippen molar-refractivity contribution in [3.63, 3.8) is 0 Å². The highest BCUT2D eigenvalue weighted by molar-refractivity contribution is 6.76. The molecule has 0 radical (unpaired) electrons. The van der Waals surface area contributed by atoms with Gasteiger partial charge in [-0.1, -0.05) is 37.8 Å². The van der Waals surface area contributed by atoms with Crippen LogP contribution in [-0.2, 0) is 25.5 Å². The van der Waals surface area contributed by atoms with E-state index in [9.17, 15) is 24.3 Å². The van der Waals surface area contributed by atoms with Crippen molar-refractivity contribution in [1.82, 2.24) is 15.4 Å². The third-order valence-corrected chi connectivity index (χ3v) is 6.78. The van der Waals surface area contributed by atoms with Crippen molar-refractivity contribution in [3.05, 3.63) is 36.0 Å². The highest BCUT2D eigenvalue weighted by atomic mass is 28.3. The van der Waals surface area contributed by atoms with Gasteiger partial charge in [-0.2, -0.15) is 0 Å². The molecule has 4 N–H and O–H groups in total. The number of carbonyl (C=O) groups excluding carboxylic acids is 2. The zero-order chi connectivity index (χ0) is 24.6. The van der Waals surface area contributed by atoms with Crippen LogP contribution in [0.1, 0.15) is 24.8 Å². The maximum Gasteiger partial charge on any atom is 0.426 e. The molecular formula is C22H31N3O7Si. The van der Waals surface area contributed by atoms with E-state index in [1.165, 1.54) is 0 Å². The van der Waals surface area contributed by atoms with Crippen molar-refractivity contribution in [2.75, 3.05) is 6.61 Å². The number of benzene rings is 1. The zero-order valence-electron chi connectivity index (χ0n) is 19.1. The number of hydrogen-bond acceptors (Lipinski definition) is 5. The smallest absolute Gasteiger partial charge is 0.426 e. The van der Waals surface area contributed by atoms with Crippen molar-refractivity contribution < 1.29 is 34.1 Å². The topological polar surface area (TPSA) is 149 Å². The van der Waals surface area contributed by atoms with Crippen molar-refractivity contribution in [2.24, 2.45) is 0 Å². The molecule has 1 aromatic heterocycles. The van der Waals surface area contributed by atoms with Crippen molar-refractivity contribution in [3.8, 4) is 0 Å². The average Bonchev–Trinajstić information content (AvgIpc) is 3.13. The molecule has 180 valence electrons. The lowest BCUT2D eigenvalue weighted by molar-refractivity contribution is -0.153. The lowest BCUT2D eigenvalue weighted by Gasteiger charge is -2.28. The third kappa shape index (κ3) is 8.26. The number of hydrazine groups is 1. The van der Waals surface area contributed by atoms with Crippen LogP contribution in [0.2, 0.25) is 25.7 Å². The lowest BCUT2D eigenvalue weighted by atomic mass is 10.1. The fourth-order valence-corrected chi connectivity index (χ4v) is 3.93. The minimum atomic E-state index is -1.54. The standard InChI is InChI=1S/C22H31N3O7Si/c1-33(2,3)13-12-32-22(31)24-25(18(21(29)30)9-11-20(27)28)19(26)10-8-15-14-23-17-7-5-4-6-16(15)17/h4-7,14,18,23H,8-13H2,1-3H3,(H,24,31)(H,27,28)(H,29,30)/t18-/m0/s1. The highest BCUT2D eigenvalue weighted by Crippen LogP contribution is 2.20. The normalized spacial score (nSPS) is 12.2. The Bertz CT molecular complexity index is 999. The molecule has 2 rings (SSSR count). The molecule has 0 spiro atoms. The molecule has 1 heterocycles. The molecule has 0 aliphatic heterocycles. The van der Waals surface area contributed by atoms with Gasteiger partial charge in [0.1, 0.15) is 0 Å². The van der Waals surface area contributed by atoms with Gasteiger partial charge in [0.2, 0.25) is 5.91 Å². The molecular weight excluding hydrogens is 446 g/mol. The van der Waals surface area contributed by atoms with Gasteiger partial charge < -0.3 is 19.9 Å². The number of amides is 2. The molecule has 0 unspecified atom stereocenters. The maximum atomic E-state index is 13.0. The Balaban J connectivity index is 2.13. The van der Waals surface area contributed by atoms with Crippen LogP contribution < -0.4 is 5.43 Å². The van der Waals surface area contributed by atoms with E-state index in [1.807, 2.05) is 24.3 Å². The zero-order valence-corrected chi connectivity index (χ0v) is 20.1. The van der Waals surface area contributed by atoms with E-state index in [0.29, 0.717) is 17.5 Å². The van der Waals surface area contributed by atoms with Gasteiger partial charge in [-0.3, -0.25) is 9.59 Å². The van der Waals surface area contributed by atoms with Crippen molar-refractivity contribution in [1.29, 1.82) is 0 Å². The predicted molar refractivity (Wildman–Crippen MR) is 124 cm³/mol. The number of nitrogens with one attached hydrogen (secondary N) is 2. The summed E-state index contributed by atoms with van der Waals surface area (Å²) in [5.41, 5.74) is 4.01. The molecule has 1 aromatic carbocycles. The second kappa shape index (κ2) is 11.5. The van der Waals surface area contributed by atoms with Crippen LogP contribution in [-0.4, -0.2) is 64.9 Å². The van der Waals surface area contributed by atoms with Crippen LogP contribution in [0.15, 0.2) is 30.5 Å². The number of nitrogens with zero attached hydrogens (tertiary/aromatic N) is 1. The maximum absolute atomic E-state index is 13.0. The number of aromatic nitrogens is 1. The first-order valence-electron chi connectivity index (χ1n) is 10.7. The fourth-order valence-electron chi connectivity index (χ4n) is 3.22. The van der Waals surface area contributed by atoms with Crippen LogP contribution in [0, 0.1) is 0 Å². The summed E-state index contributed by atoms with van der Waals surface area (Å²) in [6.45, 7) is 6.48. The predicted octanol–water partition coefficient (Wildman–Crippen LogP) is 3.23. The van der Waals surface area contributed by atoms with Crippen molar-refractivity contribution >= 4 is 42.9 Å². The van der Waals surface area contributed by atoms with Gasteiger partial charge in [0, 0.05) is 38.0 Å². The van der Waals surface area contributed by atoms with Crippen LogP contribution >= 0.6 is 0 Å². The summed E-state index contributed by atoms with van der Waals surface area (Å²) in [4.78, 5) is 51.2. The second-order valence-electron chi connectivity index (χ2n) is 8.97. The first-order valence-corrected chi connectivity index (χ1v) is 14.4. The van der Waals surface area contributed by atoms with Crippen LogP contribution in [0.5, 0.6) is 0 Å². The van der Waals surface area contributed by atoms with E-state index in [4.69, 9.17) is 9.84 Å². The summed E-state index contributed by atoms with van der Waals surface area (Å²) in [6.07, 6.45) is 0.203. The van der Waals surface area contributed by atoms with Gasteiger partial charge in [0.25, 0.3) is 0 Å². The number of fused-ring (bicyclic) bond motifs is 1. The van der Waals surface area contributed by atoms with E-state index in [1.54, 1.807) is 6.20 Å². The summed E-state index contributed by atoms with van der Waals surface area (Å²) in [5.74, 6) is -3.27. The van der Waals surface area contributed by atoms with Crippen LogP contribution in [0.4, 0.5) is 4.79 Å². The number of rotatable bonds is 11. The minimum Gasteiger partial charge on any atom is -0.481 e. The molecule has 2 aromatic rings. The summed E-state index contributed by atoms with van der Waals surface area (Å²) in [5, 5.41) is 20.2. The number of H-pyrrole nitrogens is 1. The van der Waals surface area contributed by atoms with Gasteiger partial charge in [-0.25, -0.2) is 20.0 Å². The first-order chi connectivity index (χ1) is 15.5. The SMILES string of the molecule is C[Si](C)(C)CCOC(=O)NN(C(=O)CCc1c[nH]c2ccccc12)[C@@H](CCC(=O)O)C(=O)O. The summed E-state index contributed by atoms with van der Waals surface area (Å²) >= 11 is 0. The Hall–Kier alpha value is -3.34. The number of para-hydroxylation sites is 1. The molecule has 0 aliphatic carbocycles. The first kappa shape index (κ1) is 25.9. The average molecular weight is 478 g/mol. The van der Waals surface area contributed by atoms with E-state index in [-0.39, 0.29) is 19.4 Å². The Kier molecular flexibility index (Phi) is 9.03. The summed E-state index contributed by atoms with van der Waals surface area (Å²) in [6, 6.07) is 6.73. The Morgan fingerprint density at radius 1 is 1.12 bits per heavy atom. The molecule has 2 amide bonds. The second-order valence-corrected chi connectivity index (χ2v) is 14.6. The number of aromatic amines is 1. The molecule has 0 saturated carbocycles. The van der Waals surface area contributed by atoms with Gasteiger partial charge in [0.15, 0.2) is 6.04 Å². The van der Waals surface area contributed by atoms with E-state index >= 15 is 0 Å². The number of carboxylic acid groups (broad SMARTS) is 2. The Morgan fingerprint density at radius 3 is 2.45 bits per heavy atom. The molecule has 0 aliphatic rings. The van der Waals surface area contributed by atoms with Gasteiger partial charge in [-0.05, 0) is 30.5 Å². The highest BCUT2D eigenvalue weighted by Gasteiger charge is 2.32. The number of aryl methyl sites for hydroxylation is 1. The molecule has 0 bridgehead atoms.